The first-order valence-corrected chi connectivity index (χ1v) is 8.87. The van der Waals surface area contributed by atoms with E-state index < -0.39 is 5.91 Å². The first-order chi connectivity index (χ1) is 11.9. The number of carbonyl (C=O) groups is 2. The van der Waals surface area contributed by atoms with Crippen molar-refractivity contribution in [2.45, 2.75) is 0 Å². The fourth-order valence-electron chi connectivity index (χ4n) is 1.74. The molecule has 0 radical (unpaired) electrons. The van der Waals surface area contributed by atoms with Crippen molar-refractivity contribution in [3.63, 3.8) is 0 Å². The van der Waals surface area contributed by atoms with Gasteiger partial charge in [0, 0.05) is 10.6 Å². The third-order valence-corrected chi connectivity index (χ3v) is 4.42. The van der Waals surface area contributed by atoms with Gasteiger partial charge >= 0.3 is 0 Å². The molecule has 2 aromatic rings. The summed E-state index contributed by atoms with van der Waals surface area (Å²) >= 11 is 12.1. The number of hydrogen-bond acceptors (Lipinski definition) is 4. The number of benzene rings is 2. The highest BCUT2D eigenvalue weighted by Gasteiger charge is 2.08. The molecule has 0 unspecified atom stereocenters. The molecule has 0 aliphatic carbocycles. The van der Waals surface area contributed by atoms with Crippen LogP contribution in [-0.2, 0) is 4.79 Å². The minimum Gasteiger partial charge on any atom is -0.506 e. The summed E-state index contributed by atoms with van der Waals surface area (Å²) in [5.74, 6) is -0.788. The normalized spacial score (nSPS) is 10.7. The van der Waals surface area contributed by atoms with Crippen molar-refractivity contribution in [2.24, 2.45) is 5.10 Å². The zero-order valence-electron chi connectivity index (χ0n) is 12.6. The van der Waals surface area contributed by atoms with E-state index in [9.17, 15) is 14.7 Å². The molecular formula is C16H12Br2ClN3O3. The van der Waals surface area contributed by atoms with Crippen LogP contribution in [0, 0.1) is 0 Å². The molecule has 25 heavy (non-hydrogen) atoms. The van der Waals surface area contributed by atoms with Crippen LogP contribution in [0.15, 0.2) is 50.4 Å². The molecule has 9 heteroatoms. The molecule has 0 aliphatic heterocycles. The second kappa shape index (κ2) is 8.98. The molecule has 0 fully saturated rings. The predicted octanol–water partition coefficient (Wildman–Crippen LogP) is 3.45. The summed E-state index contributed by atoms with van der Waals surface area (Å²) in [7, 11) is 0. The minimum atomic E-state index is -0.476. The molecule has 0 heterocycles. The summed E-state index contributed by atoms with van der Waals surface area (Å²) in [6.45, 7) is -0.220. The molecule has 6 nitrogen and oxygen atoms in total. The standard InChI is InChI=1S/C16H12Br2ClN3O3/c17-12-5-9(6-13(18)15(12)24)7-21-22-14(23)8-20-16(25)10-1-3-11(19)4-2-10/h1-7,24H,8H2,(H,20,25)(H,22,23). The van der Waals surface area contributed by atoms with E-state index in [1.54, 1.807) is 36.4 Å². The maximum Gasteiger partial charge on any atom is 0.259 e. The van der Waals surface area contributed by atoms with Crippen molar-refractivity contribution < 1.29 is 14.7 Å². The van der Waals surface area contributed by atoms with Gasteiger partial charge in [-0.05, 0) is 73.8 Å². The molecular weight excluding hydrogens is 477 g/mol. The Bertz CT molecular complexity index is 803. The van der Waals surface area contributed by atoms with Gasteiger partial charge in [0.25, 0.3) is 11.8 Å². The zero-order chi connectivity index (χ0) is 18.4. The van der Waals surface area contributed by atoms with Crippen LogP contribution in [0.4, 0.5) is 0 Å². The van der Waals surface area contributed by atoms with Crippen LogP contribution >= 0.6 is 43.5 Å². The Morgan fingerprint density at radius 3 is 2.36 bits per heavy atom. The van der Waals surface area contributed by atoms with Gasteiger partial charge in [-0.25, -0.2) is 5.43 Å². The van der Waals surface area contributed by atoms with Crippen LogP contribution < -0.4 is 10.7 Å². The van der Waals surface area contributed by atoms with Gasteiger partial charge in [-0.15, -0.1) is 0 Å². The number of nitrogens with one attached hydrogen (secondary N) is 2. The molecule has 0 aliphatic rings. The third kappa shape index (κ3) is 5.84. The number of hydrogen-bond donors (Lipinski definition) is 3. The third-order valence-electron chi connectivity index (χ3n) is 2.96. The van der Waals surface area contributed by atoms with Crippen LogP contribution in [0.5, 0.6) is 5.75 Å². The van der Waals surface area contributed by atoms with E-state index in [0.29, 0.717) is 25.1 Å². The molecule has 2 amide bonds. The maximum absolute atomic E-state index is 11.9. The number of phenols is 1. The molecule has 0 atom stereocenters. The monoisotopic (exact) mass is 487 g/mol. The lowest BCUT2D eigenvalue weighted by Gasteiger charge is -2.04. The van der Waals surface area contributed by atoms with E-state index in [2.05, 4.69) is 47.7 Å². The van der Waals surface area contributed by atoms with E-state index in [0.717, 1.165) is 0 Å². The summed E-state index contributed by atoms with van der Waals surface area (Å²) in [6, 6.07) is 9.59. The molecule has 0 saturated carbocycles. The van der Waals surface area contributed by atoms with Crippen molar-refractivity contribution in [1.82, 2.24) is 10.7 Å². The summed E-state index contributed by atoms with van der Waals surface area (Å²) in [5, 5.41) is 16.4. The Morgan fingerprint density at radius 1 is 1.16 bits per heavy atom. The lowest BCUT2D eigenvalue weighted by Crippen LogP contribution is -2.34. The fourth-order valence-corrected chi connectivity index (χ4v) is 3.09. The second-order valence-corrected chi connectivity index (χ2v) is 6.96. The van der Waals surface area contributed by atoms with Gasteiger partial charge in [0.05, 0.1) is 21.7 Å². The summed E-state index contributed by atoms with van der Waals surface area (Å²) < 4.78 is 0.981. The van der Waals surface area contributed by atoms with Crippen LogP contribution in [0.3, 0.4) is 0 Å². The van der Waals surface area contributed by atoms with Crippen molar-refractivity contribution in [3.8, 4) is 5.75 Å². The van der Waals surface area contributed by atoms with E-state index >= 15 is 0 Å². The Morgan fingerprint density at radius 2 is 1.76 bits per heavy atom. The molecule has 3 N–H and O–H groups in total. The number of aromatic hydroxyl groups is 1. The van der Waals surface area contributed by atoms with Gasteiger partial charge in [0.2, 0.25) is 0 Å². The van der Waals surface area contributed by atoms with E-state index in [1.807, 2.05) is 0 Å². The van der Waals surface area contributed by atoms with Gasteiger partial charge < -0.3 is 10.4 Å². The van der Waals surface area contributed by atoms with Crippen LogP contribution in [0.2, 0.25) is 5.02 Å². The number of amides is 2. The Labute approximate surface area is 165 Å². The molecule has 0 spiro atoms. The van der Waals surface area contributed by atoms with Gasteiger partial charge in [-0.3, -0.25) is 9.59 Å². The largest absolute Gasteiger partial charge is 0.506 e. The lowest BCUT2D eigenvalue weighted by atomic mass is 10.2. The quantitative estimate of drug-likeness (QED) is 0.444. The number of halogens is 3. The molecule has 2 aromatic carbocycles. The van der Waals surface area contributed by atoms with E-state index in [1.165, 1.54) is 6.21 Å². The highest BCUT2D eigenvalue weighted by atomic mass is 79.9. The number of nitrogens with zero attached hydrogens (tertiary/aromatic N) is 1. The van der Waals surface area contributed by atoms with Gasteiger partial charge in [-0.1, -0.05) is 11.6 Å². The highest BCUT2D eigenvalue weighted by molar-refractivity contribution is 9.11. The molecule has 2 rings (SSSR count). The van der Waals surface area contributed by atoms with Crippen molar-refractivity contribution in [2.75, 3.05) is 6.54 Å². The Hall–Kier alpha value is -1.90. The number of phenolic OH excluding ortho intramolecular Hbond substituents is 1. The first-order valence-electron chi connectivity index (χ1n) is 6.90. The number of rotatable bonds is 5. The predicted molar refractivity (Wildman–Crippen MR) is 103 cm³/mol. The van der Waals surface area contributed by atoms with Crippen LogP contribution in [0.1, 0.15) is 15.9 Å². The van der Waals surface area contributed by atoms with Crippen LogP contribution in [0.25, 0.3) is 0 Å². The second-order valence-electron chi connectivity index (χ2n) is 4.82. The summed E-state index contributed by atoms with van der Waals surface area (Å²) in [4.78, 5) is 23.5. The fraction of sp³-hybridized carbons (Fsp3) is 0.0625. The maximum atomic E-state index is 11.9. The van der Waals surface area contributed by atoms with E-state index in [-0.39, 0.29) is 18.2 Å². The van der Waals surface area contributed by atoms with Gasteiger partial charge in [-0.2, -0.15) is 5.10 Å². The zero-order valence-corrected chi connectivity index (χ0v) is 16.5. The lowest BCUT2D eigenvalue weighted by molar-refractivity contribution is -0.120. The summed E-state index contributed by atoms with van der Waals surface area (Å²) in [5.41, 5.74) is 3.36. The van der Waals surface area contributed by atoms with Crippen molar-refractivity contribution >= 4 is 61.5 Å². The molecule has 0 bridgehead atoms. The van der Waals surface area contributed by atoms with Gasteiger partial charge in [0.1, 0.15) is 5.75 Å². The average molecular weight is 490 g/mol. The minimum absolute atomic E-state index is 0.0751. The highest BCUT2D eigenvalue weighted by Crippen LogP contribution is 2.32. The summed E-state index contributed by atoms with van der Waals surface area (Å²) in [6.07, 6.45) is 1.41. The number of hydrazone groups is 1. The molecule has 0 aromatic heterocycles. The van der Waals surface area contributed by atoms with Crippen LogP contribution in [-0.4, -0.2) is 29.7 Å². The SMILES string of the molecule is O=C(CNC(=O)c1ccc(Cl)cc1)NN=Cc1cc(Br)c(O)c(Br)c1. The van der Waals surface area contributed by atoms with Crippen molar-refractivity contribution in [3.05, 3.63) is 61.5 Å². The Kier molecular flexibility index (Phi) is 6.98. The molecule has 130 valence electrons. The van der Waals surface area contributed by atoms with E-state index in [4.69, 9.17) is 11.6 Å². The average Bonchev–Trinajstić information content (AvgIpc) is 2.58. The van der Waals surface area contributed by atoms with Crippen molar-refractivity contribution in [1.29, 1.82) is 0 Å². The number of carbonyl (C=O) groups excluding carboxylic acids is 2. The first kappa shape index (κ1) is 19.4. The topological polar surface area (TPSA) is 90.8 Å². The smallest absolute Gasteiger partial charge is 0.259 e. The molecule has 0 saturated heterocycles. The Balaban J connectivity index is 1.84. The van der Waals surface area contributed by atoms with Gasteiger partial charge in [0.15, 0.2) is 0 Å².